The van der Waals surface area contributed by atoms with Crippen molar-refractivity contribution in [2.24, 2.45) is 0 Å². The first-order valence-electron chi connectivity index (χ1n) is 8.41. The maximum Gasteiger partial charge on any atom is 0.354 e. The molecule has 0 unspecified atom stereocenters. The number of aromatic carboxylic acids is 1. The van der Waals surface area contributed by atoms with Crippen LogP contribution in [-0.4, -0.2) is 25.8 Å². The maximum absolute atomic E-state index is 11.2. The minimum Gasteiger partial charge on any atom is -0.477 e. The highest BCUT2D eigenvalue weighted by atomic mass is 16.4. The van der Waals surface area contributed by atoms with Gasteiger partial charge in [-0.05, 0) is 31.0 Å². The monoisotopic (exact) mass is 321 g/mol. The second-order valence-electron chi connectivity index (χ2n) is 6.36. The van der Waals surface area contributed by atoms with E-state index in [2.05, 4.69) is 4.98 Å². The zero-order chi connectivity index (χ0) is 16.5. The molecule has 1 aromatic carbocycles. The molecule has 1 saturated carbocycles. The normalized spacial score (nSPS) is 15.7. The minimum atomic E-state index is -1.02. The number of hydrogen-bond donors (Lipinski definition) is 1. The van der Waals surface area contributed by atoms with E-state index in [1.807, 2.05) is 35.0 Å². The fourth-order valence-electron chi connectivity index (χ4n) is 3.65. The first-order valence-corrected chi connectivity index (χ1v) is 8.41. The van der Waals surface area contributed by atoms with Crippen LogP contribution in [-0.2, 0) is 0 Å². The number of fused-ring (bicyclic) bond motifs is 1. The summed E-state index contributed by atoms with van der Waals surface area (Å²) in [6.45, 7) is 0. The van der Waals surface area contributed by atoms with Gasteiger partial charge in [0.15, 0.2) is 0 Å². The molecule has 0 radical (unpaired) electrons. The number of aromatic nitrogens is 3. The smallest absolute Gasteiger partial charge is 0.354 e. The van der Waals surface area contributed by atoms with Gasteiger partial charge in [0.1, 0.15) is 5.69 Å². The lowest BCUT2D eigenvalue weighted by molar-refractivity contribution is 0.0690. The Hall–Kier alpha value is -2.69. The number of hydrogen-bond acceptors (Lipinski definition) is 3. The summed E-state index contributed by atoms with van der Waals surface area (Å²) in [5.41, 5.74) is 2.91. The Labute approximate surface area is 140 Å². The third-order valence-corrected chi connectivity index (χ3v) is 4.81. The Morgan fingerprint density at radius 1 is 1.12 bits per heavy atom. The molecule has 1 N–H and O–H groups in total. The molecular weight excluding hydrogens is 302 g/mol. The van der Waals surface area contributed by atoms with Gasteiger partial charge in [0.25, 0.3) is 0 Å². The van der Waals surface area contributed by atoms with E-state index in [1.165, 1.54) is 25.0 Å². The van der Waals surface area contributed by atoms with E-state index in [0.29, 0.717) is 11.4 Å². The Morgan fingerprint density at radius 3 is 2.58 bits per heavy atom. The first kappa shape index (κ1) is 14.9. The lowest BCUT2D eigenvalue weighted by atomic mass is 9.86. The summed E-state index contributed by atoms with van der Waals surface area (Å²) in [6.07, 6.45) is 7.71. The highest BCUT2D eigenvalue weighted by molar-refractivity contribution is 5.91. The fraction of sp³-hybridized carbons (Fsp3) is 0.316. The molecule has 2 aromatic heterocycles. The number of nitrogens with zero attached hydrogens (tertiary/aromatic N) is 3. The maximum atomic E-state index is 11.2. The Balaban J connectivity index is 1.93. The number of para-hydroxylation sites is 1. The van der Waals surface area contributed by atoms with Crippen LogP contribution in [0.5, 0.6) is 0 Å². The summed E-state index contributed by atoms with van der Waals surface area (Å²) in [5, 5.41) is 14.9. The first-order chi connectivity index (χ1) is 11.7. The van der Waals surface area contributed by atoms with Gasteiger partial charge in [-0.3, -0.25) is 0 Å². The summed E-state index contributed by atoms with van der Waals surface area (Å²) in [7, 11) is 0. The van der Waals surface area contributed by atoms with E-state index in [-0.39, 0.29) is 5.69 Å². The zero-order valence-electron chi connectivity index (χ0n) is 13.4. The van der Waals surface area contributed by atoms with Gasteiger partial charge >= 0.3 is 5.97 Å². The molecule has 2 heterocycles. The van der Waals surface area contributed by atoms with Crippen LogP contribution < -0.4 is 0 Å². The third kappa shape index (κ3) is 2.56. The molecule has 0 spiro atoms. The molecule has 4 rings (SSSR count). The fourth-order valence-corrected chi connectivity index (χ4v) is 3.65. The summed E-state index contributed by atoms with van der Waals surface area (Å²) in [6, 6.07) is 11.6. The summed E-state index contributed by atoms with van der Waals surface area (Å²) in [4.78, 5) is 15.3. The molecule has 3 aromatic rings. The quantitative estimate of drug-likeness (QED) is 0.786. The summed E-state index contributed by atoms with van der Waals surface area (Å²) in [5.74, 6) is -0.577. The number of pyridine rings is 1. The van der Waals surface area contributed by atoms with Crippen molar-refractivity contribution in [3.63, 3.8) is 0 Å². The van der Waals surface area contributed by atoms with E-state index in [0.717, 1.165) is 23.9 Å². The molecule has 0 atom stereocenters. The zero-order valence-corrected chi connectivity index (χ0v) is 13.4. The van der Waals surface area contributed by atoms with E-state index in [4.69, 9.17) is 5.10 Å². The van der Waals surface area contributed by atoms with Gasteiger partial charge in [0.2, 0.25) is 0 Å². The van der Waals surface area contributed by atoms with E-state index in [9.17, 15) is 9.90 Å². The lowest BCUT2D eigenvalue weighted by Crippen LogP contribution is -2.11. The van der Waals surface area contributed by atoms with Crippen molar-refractivity contribution in [1.29, 1.82) is 0 Å². The second kappa shape index (κ2) is 6.07. The van der Waals surface area contributed by atoms with Crippen molar-refractivity contribution in [2.75, 3.05) is 0 Å². The van der Waals surface area contributed by atoms with Gasteiger partial charge in [-0.1, -0.05) is 37.5 Å². The third-order valence-electron chi connectivity index (χ3n) is 4.81. The van der Waals surface area contributed by atoms with E-state index in [1.54, 1.807) is 12.3 Å². The molecule has 0 bridgehead atoms. The van der Waals surface area contributed by atoms with Crippen molar-refractivity contribution < 1.29 is 9.90 Å². The van der Waals surface area contributed by atoms with Crippen molar-refractivity contribution in [3.8, 4) is 5.69 Å². The molecule has 122 valence electrons. The predicted molar refractivity (Wildman–Crippen MR) is 91.7 cm³/mol. The van der Waals surface area contributed by atoms with Crippen molar-refractivity contribution >= 4 is 16.9 Å². The van der Waals surface area contributed by atoms with Crippen LogP contribution in [0.4, 0.5) is 0 Å². The molecule has 1 aliphatic carbocycles. The molecule has 0 aliphatic heterocycles. The predicted octanol–water partition coefficient (Wildman–Crippen LogP) is 4.17. The number of benzene rings is 1. The van der Waals surface area contributed by atoms with Crippen LogP contribution in [0.3, 0.4) is 0 Å². The average molecular weight is 321 g/mol. The van der Waals surface area contributed by atoms with Crippen molar-refractivity contribution in [1.82, 2.24) is 14.8 Å². The van der Waals surface area contributed by atoms with Gasteiger partial charge in [-0.25, -0.2) is 14.5 Å². The Morgan fingerprint density at radius 2 is 1.88 bits per heavy atom. The number of carboxylic acids is 1. The van der Waals surface area contributed by atoms with Crippen LogP contribution >= 0.6 is 0 Å². The SMILES string of the molecule is O=C(O)c1cc2nn(-c3ccccc3)c(C3CCCCC3)c2cn1. The number of carbonyl (C=O) groups is 1. The van der Waals surface area contributed by atoms with Gasteiger partial charge in [0.05, 0.1) is 16.9 Å². The molecule has 24 heavy (non-hydrogen) atoms. The summed E-state index contributed by atoms with van der Waals surface area (Å²) < 4.78 is 1.98. The van der Waals surface area contributed by atoms with Crippen molar-refractivity contribution in [3.05, 3.63) is 54.0 Å². The van der Waals surface area contributed by atoms with Crippen LogP contribution in [0.1, 0.15) is 54.2 Å². The summed E-state index contributed by atoms with van der Waals surface area (Å²) >= 11 is 0. The number of carboxylic acid groups (broad SMARTS) is 1. The minimum absolute atomic E-state index is 0.0374. The average Bonchev–Trinajstić information content (AvgIpc) is 3.01. The van der Waals surface area contributed by atoms with Crippen LogP contribution in [0, 0.1) is 0 Å². The van der Waals surface area contributed by atoms with E-state index < -0.39 is 5.97 Å². The standard InChI is InChI=1S/C19H19N3O2/c23-19(24)17-11-16-15(12-20-17)18(13-7-3-1-4-8-13)22(21-16)14-9-5-2-6-10-14/h2,5-6,9-13H,1,3-4,7-8H2,(H,23,24). The number of rotatable bonds is 3. The Kier molecular flexibility index (Phi) is 3.76. The molecule has 5 nitrogen and oxygen atoms in total. The lowest BCUT2D eigenvalue weighted by Gasteiger charge is -2.23. The van der Waals surface area contributed by atoms with E-state index >= 15 is 0 Å². The second-order valence-corrected chi connectivity index (χ2v) is 6.36. The van der Waals surface area contributed by atoms with Gasteiger partial charge in [-0.15, -0.1) is 0 Å². The van der Waals surface area contributed by atoms with Crippen LogP contribution in [0.25, 0.3) is 16.6 Å². The molecule has 1 aliphatic rings. The van der Waals surface area contributed by atoms with Gasteiger partial charge < -0.3 is 5.11 Å². The van der Waals surface area contributed by atoms with Gasteiger partial charge in [0, 0.05) is 17.5 Å². The molecule has 1 fully saturated rings. The molecule has 0 saturated heterocycles. The van der Waals surface area contributed by atoms with Gasteiger partial charge in [-0.2, -0.15) is 5.10 Å². The van der Waals surface area contributed by atoms with Crippen molar-refractivity contribution in [2.45, 2.75) is 38.0 Å². The largest absolute Gasteiger partial charge is 0.477 e. The molecular formula is C19H19N3O2. The van der Waals surface area contributed by atoms with Crippen LogP contribution in [0.15, 0.2) is 42.6 Å². The highest BCUT2D eigenvalue weighted by Crippen LogP contribution is 2.37. The molecule has 5 heteroatoms. The van der Waals surface area contributed by atoms with Crippen LogP contribution in [0.2, 0.25) is 0 Å². The topological polar surface area (TPSA) is 68.0 Å². The highest BCUT2D eigenvalue weighted by Gasteiger charge is 2.24. The molecule has 0 amide bonds. The Bertz CT molecular complexity index is 880.